The second-order valence-corrected chi connectivity index (χ2v) is 5.58. The quantitative estimate of drug-likeness (QED) is 0.656. The van der Waals surface area contributed by atoms with Gasteiger partial charge in [-0.25, -0.2) is 0 Å². The molecule has 0 aromatic carbocycles. The Balaban J connectivity index is 2.24. The van der Waals surface area contributed by atoms with Crippen molar-refractivity contribution in [1.82, 2.24) is 5.32 Å². The molecule has 16 heavy (non-hydrogen) atoms. The topological polar surface area (TPSA) is 41.5 Å². The molecule has 1 aliphatic rings. The number of ether oxygens (including phenoxy) is 1. The van der Waals surface area contributed by atoms with Crippen molar-refractivity contribution in [3.8, 4) is 0 Å². The van der Waals surface area contributed by atoms with Gasteiger partial charge in [0.2, 0.25) is 0 Å². The first-order valence-corrected chi connectivity index (χ1v) is 6.51. The molecule has 0 spiro atoms. The molecule has 0 aromatic heterocycles. The van der Waals surface area contributed by atoms with Crippen molar-refractivity contribution in [2.24, 2.45) is 5.41 Å². The average Bonchev–Trinajstić information content (AvgIpc) is 2.20. The Hall–Kier alpha value is -0.120. The highest BCUT2D eigenvalue weighted by atomic mass is 16.5. The Kier molecular flexibility index (Phi) is 5.22. The second-order valence-electron chi connectivity index (χ2n) is 5.58. The van der Waals surface area contributed by atoms with Crippen LogP contribution in [-0.4, -0.2) is 36.5 Å². The van der Waals surface area contributed by atoms with Gasteiger partial charge in [0, 0.05) is 24.6 Å². The van der Waals surface area contributed by atoms with E-state index in [0.29, 0.717) is 18.7 Å². The molecule has 0 aliphatic heterocycles. The van der Waals surface area contributed by atoms with Gasteiger partial charge in [0.05, 0.1) is 12.2 Å². The fourth-order valence-electron chi connectivity index (χ4n) is 2.20. The number of unbranched alkanes of at least 4 members (excludes halogenated alkanes) is 1. The lowest BCUT2D eigenvalue weighted by molar-refractivity contribution is -0.119. The molecular weight excluding hydrogens is 202 g/mol. The molecule has 3 unspecified atom stereocenters. The second kappa shape index (κ2) is 5.99. The van der Waals surface area contributed by atoms with Crippen LogP contribution in [0.4, 0.5) is 0 Å². The summed E-state index contributed by atoms with van der Waals surface area (Å²) in [6.45, 7) is 10.0. The van der Waals surface area contributed by atoms with E-state index in [9.17, 15) is 5.11 Å². The van der Waals surface area contributed by atoms with Gasteiger partial charge in [-0.1, -0.05) is 27.2 Å². The summed E-state index contributed by atoms with van der Waals surface area (Å²) < 4.78 is 5.87. The lowest BCUT2D eigenvalue weighted by Gasteiger charge is -2.52. The van der Waals surface area contributed by atoms with Gasteiger partial charge in [-0.2, -0.15) is 0 Å². The fourth-order valence-corrected chi connectivity index (χ4v) is 2.20. The number of hydrogen-bond donors (Lipinski definition) is 2. The molecule has 96 valence electrons. The lowest BCUT2D eigenvalue weighted by Crippen LogP contribution is -2.61. The van der Waals surface area contributed by atoms with Crippen LogP contribution in [-0.2, 0) is 4.74 Å². The summed E-state index contributed by atoms with van der Waals surface area (Å²) in [5.74, 6) is 0. The van der Waals surface area contributed by atoms with Gasteiger partial charge in [-0.3, -0.25) is 0 Å². The third-order valence-corrected chi connectivity index (χ3v) is 3.65. The van der Waals surface area contributed by atoms with Crippen LogP contribution in [0.5, 0.6) is 0 Å². The van der Waals surface area contributed by atoms with Crippen LogP contribution in [0.15, 0.2) is 0 Å². The maximum absolute atomic E-state index is 9.24. The van der Waals surface area contributed by atoms with Gasteiger partial charge in [0.1, 0.15) is 0 Å². The monoisotopic (exact) mass is 229 g/mol. The molecule has 2 N–H and O–H groups in total. The molecule has 3 heteroatoms. The Morgan fingerprint density at radius 2 is 2.19 bits per heavy atom. The molecule has 1 rings (SSSR count). The van der Waals surface area contributed by atoms with Crippen LogP contribution in [0.25, 0.3) is 0 Å². The third-order valence-electron chi connectivity index (χ3n) is 3.65. The summed E-state index contributed by atoms with van der Waals surface area (Å²) in [7, 11) is 0. The molecule has 0 saturated heterocycles. The fraction of sp³-hybridized carbons (Fsp3) is 1.00. The molecule has 0 heterocycles. The zero-order valence-electron chi connectivity index (χ0n) is 11.1. The maximum Gasteiger partial charge on any atom is 0.0655 e. The van der Waals surface area contributed by atoms with E-state index in [-0.39, 0.29) is 11.5 Å². The van der Waals surface area contributed by atoms with E-state index in [1.54, 1.807) is 0 Å². The zero-order chi connectivity index (χ0) is 12.2. The molecule has 0 bridgehead atoms. The van der Waals surface area contributed by atoms with Crippen molar-refractivity contribution in [1.29, 1.82) is 0 Å². The Bertz CT molecular complexity index is 204. The first kappa shape index (κ1) is 13.9. The minimum absolute atomic E-state index is 0.197. The number of hydrogen-bond acceptors (Lipinski definition) is 3. The number of aliphatic hydroxyl groups excluding tert-OH is 1. The summed E-state index contributed by atoms with van der Waals surface area (Å²) in [4.78, 5) is 0. The molecule has 3 nitrogen and oxygen atoms in total. The largest absolute Gasteiger partial charge is 0.392 e. The average molecular weight is 229 g/mol. The molecule has 0 radical (unpaired) electrons. The number of rotatable bonds is 7. The van der Waals surface area contributed by atoms with E-state index in [2.05, 4.69) is 26.1 Å². The molecule has 1 aliphatic carbocycles. The highest BCUT2D eigenvalue weighted by Gasteiger charge is 2.48. The molecule has 1 saturated carbocycles. The zero-order valence-corrected chi connectivity index (χ0v) is 11.1. The normalized spacial score (nSPS) is 29.8. The standard InChI is InChI=1S/C13H27NO2/c1-5-6-7-16-12-8-11(13(12,3)4)14-9-10(2)15/h10-12,14-15H,5-9H2,1-4H3. The first-order valence-electron chi connectivity index (χ1n) is 6.51. The van der Waals surface area contributed by atoms with Crippen LogP contribution in [0.1, 0.15) is 47.0 Å². The number of aliphatic hydroxyl groups is 1. The van der Waals surface area contributed by atoms with Crippen LogP contribution in [0, 0.1) is 5.41 Å². The van der Waals surface area contributed by atoms with E-state index in [0.717, 1.165) is 19.4 Å². The van der Waals surface area contributed by atoms with Gasteiger partial charge >= 0.3 is 0 Å². The van der Waals surface area contributed by atoms with Crippen molar-refractivity contribution in [2.75, 3.05) is 13.2 Å². The Labute approximate surface area is 99.6 Å². The summed E-state index contributed by atoms with van der Waals surface area (Å²) in [6.07, 6.45) is 3.53. The summed E-state index contributed by atoms with van der Waals surface area (Å²) in [6, 6.07) is 0.480. The van der Waals surface area contributed by atoms with Crippen LogP contribution < -0.4 is 5.32 Å². The third kappa shape index (κ3) is 3.44. The minimum atomic E-state index is -0.268. The Morgan fingerprint density at radius 1 is 1.50 bits per heavy atom. The molecule has 0 aromatic rings. The van der Waals surface area contributed by atoms with E-state index < -0.39 is 0 Å². The van der Waals surface area contributed by atoms with Gasteiger partial charge in [-0.05, 0) is 19.8 Å². The molecule has 0 amide bonds. The van der Waals surface area contributed by atoms with Gasteiger partial charge < -0.3 is 15.2 Å². The molecule has 1 fully saturated rings. The summed E-state index contributed by atoms with van der Waals surface area (Å²) in [5, 5.41) is 12.6. The van der Waals surface area contributed by atoms with Crippen molar-refractivity contribution < 1.29 is 9.84 Å². The predicted molar refractivity (Wildman–Crippen MR) is 66.5 cm³/mol. The highest BCUT2D eigenvalue weighted by Crippen LogP contribution is 2.42. The van der Waals surface area contributed by atoms with Gasteiger partial charge in [0.25, 0.3) is 0 Å². The SMILES string of the molecule is CCCCOC1CC(NCC(C)O)C1(C)C. The van der Waals surface area contributed by atoms with E-state index in [4.69, 9.17) is 4.74 Å². The lowest BCUT2D eigenvalue weighted by atomic mass is 9.64. The molecular formula is C13H27NO2. The predicted octanol–water partition coefficient (Wildman–Crippen LogP) is 1.94. The minimum Gasteiger partial charge on any atom is -0.392 e. The van der Waals surface area contributed by atoms with Crippen LogP contribution in [0.2, 0.25) is 0 Å². The van der Waals surface area contributed by atoms with Gasteiger partial charge in [0.15, 0.2) is 0 Å². The first-order chi connectivity index (χ1) is 7.48. The van der Waals surface area contributed by atoms with Crippen LogP contribution >= 0.6 is 0 Å². The molecule has 3 atom stereocenters. The van der Waals surface area contributed by atoms with E-state index >= 15 is 0 Å². The summed E-state index contributed by atoms with van der Waals surface area (Å²) in [5.41, 5.74) is 0.197. The van der Waals surface area contributed by atoms with Gasteiger partial charge in [-0.15, -0.1) is 0 Å². The van der Waals surface area contributed by atoms with E-state index in [1.807, 2.05) is 6.92 Å². The Morgan fingerprint density at radius 3 is 2.69 bits per heavy atom. The van der Waals surface area contributed by atoms with E-state index in [1.165, 1.54) is 6.42 Å². The smallest absolute Gasteiger partial charge is 0.0655 e. The number of nitrogens with one attached hydrogen (secondary N) is 1. The van der Waals surface area contributed by atoms with Crippen molar-refractivity contribution in [3.05, 3.63) is 0 Å². The van der Waals surface area contributed by atoms with Crippen molar-refractivity contribution >= 4 is 0 Å². The maximum atomic E-state index is 9.24. The highest BCUT2D eigenvalue weighted by molar-refractivity contribution is 5.02. The van der Waals surface area contributed by atoms with Crippen LogP contribution in [0.3, 0.4) is 0 Å². The van der Waals surface area contributed by atoms with Crippen molar-refractivity contribution in [3.63, 3.8) is 0 Å². The van der Waals surface area contributed by atoms with Crippen molar-refractivity contribution in [2.45, 2.75) is 65.2 Å². The summed E-state index contributed by atoms with van der Waals surface area (Å²) >= 11 is 0.